The third kappa shape index (κ3) is 3.56. The van der Waals surface area contributed by atoms with E-state index in [1.165, 1.54) is 0 Å². The fraction of sp³-hybridized carbons (Fsp3) is 0.533. The molecule has 0 spiro atoms. The average Bonchev–Trinajstić information content (AvgIpc) is 2.48. The number of urea groups is 1. The van der Waals surface area contributed by atoms with Gasteiger partial charge in [-0.2, -0.15) is 0 Å². The second-order valence-electron chi connectivity index (χ2n) is 4.94. The van der Waals surface area contributed by atoms with Gasteiger partial charge in [-0.25, -0.2) is 4.79 Å². The molecule has 0 aliphatic carbocycles. The Labute approximate surface area is 120 Å². The van der Waals surface area contributed by atoms with Gasteiger partial charge < -0.3 is 20.3 Å². The molecule has 1 aromatic carbocycles. The molecule has 0 bridgehead atoms. The highest BCUT2D eigenvalue weighted by atomic mass is 16.5. The Morgan fingerprint density at radius 1 is 1.35 bits per heavy atom. The van der Waals surface area contributed by atoms with Gasteiger partial charge in [0, 0.05) is 25.7 Å². The maximum Gasteiger partial charge on any atom is 0.314 e. The molecular formula is C15H23N3O2. The molecule has 5 heteroatoms. The summed E-state index contributed by atoms with van der Waals surface area (Å²) in [5.41, 5.74) is 1.13. The maximum atomic E-state index is 11.5. The van der Waals surface area contributed by atoms with Crippen molar-refractivity contribution in [3.05, 3.63) is 24.3 Å². The molecule has 1 heterocycles. The molecule has 1 fully saturated rings. The number of carbonyl (C=O) groups is 1. The molecule has 0 unspecified atom stereocenters. The SMILES string of the molecule is CCNC(=O)NC1CCN(c2ccccc2OC)CC1. The van der Waals surface area contributed by atoms with Gasteiger partial charge in [0.2, 0.25) is 0 Å². The Balaban J connectivity index is 1.89. The van der Waals surface area contributed by atoms with E-state index in [4.69, 9.17) is 4.74 Å². The van der Waals surface area contributed by atoms with Crippen LogP contribution in [0.15, 0.2) is 24.3 Å². The molecule has 2 rings (SSSR count). The number of carbonyl (C=O) groups excluding carboxylic acids is 1. The van der Waals surface area contributed by atoms with Crippen molar-refractivity contribution in [3.8, 4) is 5.75 Å². The highest BCUT2D eigenvalue weighted by molar-refractivity contribution is 5.74. The van der Waals surface area contributed by atoms with Gasteiger partial charge in [-0.1, -0.05) is 12.1 Å². The number of benzene rings is 1. The molecule has 2 amide bonds. The van der Waals surface area contributed by atoms with Crippen molar-refractivity contribution < 1.29 is 9.53 Å². The molecule has 1 aliphatic rings. The molecule has 0 radical (unpaired) electrons. The number of nitrogens with one attached hydrogen (secondary N) is 2. The summed E-state index contributed by atoms with van der Waals surface area (Å²) in [6.07, 6.45) is 1.91. The van der Waals surface area contributed by atoms with Crippen molar-refractivity contribution in [2.75, 3.05) is 31.6 Å². The first-order valence-electron chi connectivity index (χ1n) is 7.17. The molecule has 5 nitrogen and oxygen atoms in total. The highest BCUT2D eigenvalue weighted by Gasteiger charge is 2.22. The Kier molecular flexibility index (Phi) is 5.09. The van der Waals surface area contributed by atoms with E-state index in [2.05, 4.69) is 21.6 Å². The van der Waals surface area contributed by atoms with Crippen LogP contribution in [-0.4, -0.2) is 38.8 Å². The van der Waals surface area contributed by atoms with Crippen LogP contribution in [0.1, 0.15) is 19.8 Å². The minimum Gasteiger partial charge on any atom is -0.495 e. The largest absolute Gasteiger partial charge is 0.495 e. The van der Waals surface area contributed by atoms with Crippen LogP contribution in [0, 0.1) is 0 Å². The summed E-state index contributed by atoms with van der Waals surface area (Å²) in [5, 5.41) is 5.78. The summed E-state index contributed by atoms with van der Waals surface area (Å²) in [6, 6.07) is 8.25. The van der Waals surface area contributed by atoms with Crippen LogP contribution < -0.4 is 20.3 Å². The van der Waals surface area contributed by atoms with Gasteiger partial charge in [0.05, 0.1) is 12.8 Å². The lowest BCUT2D eigenvalue weighted by Gasteiger charge is -2.34. The number of amides is 2. The molecule has 0 aromatic heterocycles. The average molecular weight is 277 g/mol. The Morgan fingerprint density at radius 2 is 2.05 bits per heavy atom. The fourth-order valence-corrected chi connectivity index (χ4v) is 2.55. The van der Waals surface area contributed by atoms with Crippen LogP contribution in [-0.2, 0) is 0 Å². The van der Waals surface area contributed by atoms with Crippen molar-refractivity contribution >= 4 is 11.7 Å². The van der Waals surface area contributed by atoms with Crippen molar-refractivity contribution in [3.63, 3.8) is 0 Å². The van der Waals surface area contributed by atoms with Crippen molar-refractivity contribution in [1.29, 1.82) is 0 Å². The van der Waals surface area contributed by atoms with E-state index < -0.39 is 0 Å². The number of hydrogen-bond acceptors (Lipinski definition) is 3. The molecule has 0 saturated carbocycles. The number of rotatable bonds is 4. The van der Waals surface area contributed by atoms with Crippen LogP contribution in [0.4, 0.5) is 10.5 Å². The molecule has 2 N–H and O–H groups in total. The lowest BCUT2D eigenvalue weighted by atomic mass is 10.0. The predicted molar refractivity (Wildman–Crippen MR) is 80.4 cm³/mol. The zero-order valence-corrected chi connectivity index (χ0v) is 12.2. The summed E-state index contributed by atoms with van der Waals surface area (Å²) in [7, 11) is 1.70. The zero-order valence-electron chi connectivity index (χ0n) is 12.2. The normalized spacial score (nSPS) is 15.8. The summed E-state index contributed by atoms with van der Waals surface area (Å²) >= 11 is 0. The van der Waals surface area contributed by atoms with Crippen LogP contribution in [0.25, 0.3) is 0 Å². The van der Waals surface area contributed by atoms with Gasteiger partial charge in [-0.3, -0.25) is 0 Å². The molecule has 110 valence electrons. The summed E-state index contributed by atoms with van der Waals surface area (Å²) in [6.45, 7) is 4.44. The van der Waals surface area contributed by atoms with Gasteiger partial charge in [-0.15, -0.1) is 0 Å². The predicted octanol–water partition coefficient (Wildman–Crippen LogP) is 1.98. The van der Waals surface area contributed by atoms with Gasteiger partial charge in [0.25, 0.3) is 0 Å². The van der Waals surface area contributed by atoms with E-state index in [9.17, 15) is 4.79 Å². The van der Waals surface area contributed by atoms with Crippen LogP contribution in [0.5, 0.6) is 5.75 Å². The molecule has 1 aromatic rings. The quantitative estimate of drug-likeness (QED) is 0.885. The second kappa shape index (κ2) is 7.03. The van der Waals surface area contributed by atoms with Crippen molar-refractivity contribution in [2.45, 2.75) is 25.8 Å². The number of para-hydroxylation sites is 2. The van der Waals surface area contributed by atoms with Crippen molar-refractivity contribution in [1.82, 2.24) is 10.6 Å². The monoisotopic (exact) mass is 277 g/mol. The fourth-order valence-electron chi connectivity index (χ4n) is 2.55. The third-order valence-corrected chi connectivity index (χ3v) is 3.59. The topological polar surface area (TPSA) is 53.6 Å². The van der Waals surface area contributed by atoms with Gasteiger partial charge in [-0.05, 0) is 31.9 Å². The summed E-state index contributed by atoms with van der Waals surface area (Å²) < 4.78 is 5.40. The smallest absolute Gasteiger partial charge is 0.314 e. The van der Waals surface area contributed by atoms with Crippen LogP contribution in [0.3, 0.4) is 0 Å². The Morgan fingerprint density at radius 3 is 2.70 bits per heavy atom. The van der Waals surface area contributed by atoms with E-state index >= 15 is 0 Å². The molecule has 1 aliphatic heterocycles. The first kappa shape index (κ1) is 14.5. The number of nitrogens with zero attached hydrogens (tertiary/aromatic N) is 1. The minimum atomic E-state index is -0.0664. The first-order valence-corrected chi connectivity index (χ1v) is 7.17. The number of piperidine rings is 1. The number of hydrogen-bond donors (Lipinski definition) is 2. The zero-order chi connectivity index (χ0) is 14.4. The molecule has 0 atom stereocenters. The van der Waals surface area contributed by atoms with Crippen LogP contribution in [0.2, 0.25) is 0 Å². The third-order valence-electron chi connectivity index (χ3n) is 3.59. The number of ether oxygens (including phenoxy) is 1. The molecule has 20 heavy (non-hydrogen) atoms. The van der Waals surface area contributed by atoms with Crippen LogP contribution >= 0.6 is 0 Å². The Bertz CT molecular complexity index is 442. The minimum absolute atomic E-state index is 0.0664. The number of methoxy groups -OCH3 is 1. The number of anilines is 1. The van der Waals surface area contributed by atoms with E-state index in [0.29, 0.717) is 6.54 Å². The van der Waals surface area contributed by atoms with Gasteiger partial charge >= 0.3 is 6.03 Å². The van der Waals surface area contributed by atoms with Gasteiger partial charge in [0.1, 0.15) is 5.75 Å². The summed E-state index contributed by atoms with van der Waals surface area (Å²) in [4.78, 5) is 13.8. The van der Waals surface area contributed by atoms with E-state index in [0.717, 1.165) is 37.4 Å². The van der Waals surface area contributed by atoms with Gasteiger partial charge in [0.15, 0.2) is 0 Å². The van der Waals surface area contributed by atoms with E-state index in [1.807, 2.05) is 25.1 Å². The molecule has 1 saturated heterocycles. The van der Waals surface area contributed by atoms with Crippen molar-refractivity contribution in [2.24, 2.45) is 0 Å². The Hall–Kier alpha value is -1.91. The van der Waals surface area contributed by atoms with E-state index in [-0.39, 0.29) is 12.1 Å². The van der Waals surface area contributed by atoms with E-state index in [1.54, 1.807) is 7.11 Å². The molecular weight excluding hydrogens is 254 g/mol. The first-order chi connectivity index (χ1) is 9.74. The maximum absolute atomic E-state index is 11.5. The standard InChI is InChI=1S/C15H23N3O2/c1-3-16-15(19)17-12-8-10-18(11-9-12)13-6-4-5-7-14(13)20-2/h4-7,12H,3,8-11H2,1-2H3,(H2,16,17,19). The highest BCUT2D eigenvalue weighted by Crippen LogP contribution is 2.29. The summed E-state index contributed by atoms with van der Waals surface area (Å²) in [5.74, 6) is 0.905. The lowest BCUT2D eigenvalue weighted by Crippen LogP contribution is -2.48. The lowest BCUT2D eigenvalue weighted by molar-refractivity contribution is 0.235. The second-order valence-corrected chi connectivity index (χ2v) is 4.94.